The largest absolute Gasteiger partial charge is 0.459 e. The van der Waals surface area contributed by atoms with Crippen LogP contribution in [-0.2, 0) is 11.3 Å². The normalized spacial score (nSPS) is 10.9. The van der Waals surface area contributed by atoms with Gasteiger partial charge in [0.05, 0.1) is 12.0 Å². The predicted octanol–water partition coefficient (Wildman–Crippen LogP) is 4.26. The SMILES string of the molecule is Cc1nc(-c2ccc(F)cc2)sc1C(=O)OCc1nnc(-c2ccco2)o1. The highest BCUT2D eigenvalue weighted by molar-refractivity contribution is 7.17. The Morgan fingerprint density at radius 1 is 1.22 bits per heavy atom. The maximum Gasteiger partial charge on any atom is 0.350 e. The fourth-order valence-corrected chi connectivity index (χ4v) is 3.27. The molecular weight excluding hydrogens is 373 g/mol. The van der Waals surface area contributed by atoms with Crippen LogP contribution >= 0.6 is 11.3 Å². The van der Waals surface area contributed by atoms with Gasteiger partial charge in [-0.3, -0.25) is 0 Å². The lowest BCUT2D eigenvalue weighted by molar-refractivity contribution is 0.0443. The first-order chi connectivity index (χ1) is 13.1. The van der Waals surface area contributed by atoms with Gasteiger partial charge in [-0.1, -0.05) is 0 Å². The molecule has 136 valence electrons. The van der Waals surface area contributed by atoms with Gasteiger partial charge in [0.25, 0.3) is 11.8 Å². The topological polar surface area (TPSA) is 91.2 Å². The zero-order valence-electron chi connectivity index (χ0n) is 14.0. The zero-order chi connectivity index (χ0) is 18.8. The van der Waals surface area contributed by atoms with Crippen molar-refractivity contribution in [2.24, 2.45) is 0 Å². The number of ether oxygens (including phenoxy) is 1. The Balaban J connectivity index is 1.45. The van der Waals surface area contributed by atoms with Crippen LogP contribution in [0.3, 0.4) is 0 Å². The van der Waals surface area contributed by atoms with Crippen molar-refractivity contribution in [3.63, 3.8) is 0 Å². The van der Waals surface area contributed by atoms with E-state index in [4.69, 9.17) is 13.6 Å². The fraction of sp³-hybridized carbons (Fsp3) is 0.111. The molecule has 0 spiro atoms. The Morgan fingerprint density at radius 3 is 2.78 bits per heavy atom. The van der Waals surface area contributed by atoms with Crippen molar-refractivity contribution in [3.05, 3.63) is 64.9 Å². The second-order valence-electron chi connectivity index (χ2n) is 5.49. The van der Waals surface area contributed by atoms with E-state index in [0.29, 0.717) is 21.3 Å². The van der Waals surface area contributed by atoms with Gasteiger partial charge in [-0.05, 0) is 43.3 Å². The number of nitrogens with zero attached hydrogens (tertiary/aromatic N) is 3. The van der Waals surface area contributed by atoms with Crippen molar-refractivity contribution in [2.75, 3.05) is 0 Å². The van der Waals surface area contributed by atoms with Crippen molar-refractivity contribution < 1.29 is 22.8 Å². The van der Waals surface area contributed by atoms with Crippen LogP contribution in [0.4, 0.5) is 4.39 Å². The summed E-state index contributed by atoms with van der Waals surface area (Å²) in [5.74, 6) is -0.0899. The number of benzene rings is 1. The molecule has 0 bridgehead atoms. The average Bonchev–Trinajstić information content (AvgIpc) is 3.40. The van der Waals surface area contributed by atoms with Crippen LogP contribution in [0.2, 0.25) is 0 Å². The van der Waals surface area contributed by atoms with Crippen LogP contribution in [0, 0.1) is 12.7 Å². The highest BCUT2D eigenvalue weighted by Gasteiger charge is 2.19. The molecule has 0 aliphatic heterocycles. The summed E-state index contributed by atoms with van der Waals surface area (Å²) in [6.45, 7) is 1.54. The molecule has 3 heterocycles. The molecule has 4 rings (SSSR count). The number of thiazole rings is 1. The van der Waals surface area contributed by atoms with Gasteiger partial charge >= 0.3 is 5.97 Å². The number of rotatable bonds is 5. The number of carbonyl (C=O) groups excluding carboxylic acids is 1. The Labute approximate surface area is 156 Å². The molecule has 4 aromatic rings. The van der Waals surface area contributed by atoms with Crippen LogP contribution in [0.15, 0.2) is 51.5 Å². The number of esters is 1. The molecule has 0 aliphatic carbocycles. The van der Waals surface area contributed by atoms with Gasteiger partial charge in [-0.15, -0.1) is 21.5 Å². The summed E-state index contributed by atoms with van der Waals surface area (Å²) in [6.07, 6.45) is 1.49. The van der Waals surface area contributed by atoms with Gasteiger partial charge in [-0.2, -0.15) is 0 Å². The Morgan fingerprint density at radius 2 is 2.04 bits per heavy atom. The van der Waals surface area contributed by atoms with Gasteiger partial charge in [0.2, 0.25) is 0 Å². The average molecular weight is 385 g/mol. The second kappa shape index (κ2) is 7.12. The van der Waals surface area contributed by atoms with E-state index in [1.54, 1.807) is 31.2 Å². The molecule has 9 heteroatoms. The van der Waals surface area contributed by atoms with Crippen LogP contribution in [0.1, 0.15) is 21.3 Å². The van der Waals surface area contributed by atoms with E-state index < -0.39 is 5.97 Å². The van der Waals surface area contributed by atoms with Gasteiger partial charge in [-0.25, -0.2) is 14.2 Å². The standard InChI is InChI=1S/C18H12FN3O4S/c1-10-15(27-17(20-10)11-4-6-12(19)7-5-11)18(23)25-9-14-21-22-16(26-14)13-3-2-8-24-13/h2-8H,9H2,1H3. The molecule has 0 radical (unpaired) electrons. The number of halogens is 1. The summed E-state index contributed by atoms with van der Waals surface area (Å²) >= 11 is 1.18. The zero-order valence-corrected chi connectivity index (χ0v) is 14.8. The Kier molecular flexibility index (Phi) is 4.51. The summed E-state index contributed by atoms with van der Waals surface area (Å²) in [6, 6.07) is 9.28. The second-order valence-corrected chi connectivity index (χ2v) is 6.49. The molecule has 27 heavy (non-hydrogen) atoms. The fourth-order valence-electron chi connectivity index (χ4n) is 2.31. The maximum absolute atomic E-state index is 13.1. The molecule has 1 aromatic carbocycles. The van der Waals surface area contributed by atoms with Gasteiger partial charge < -0.3 is 13.6 Å². The number of aromatic nitrogens is 3. The maximum atomic E-state index is 13.1. The van der Waals surface area contributed by atoms with Gasteiger partial charge in [0, 0.05) is 5.56 Å². The third-order valence-electron chi connectivity index (χ3n) is 3.60. The highest BCUT2D eigenvalue weighted by atomic mass is 32.1. The first-order valence-electron chi connectivity index (χ1n) is 7.87. The summed E-state index contributed by atoms with van der Waals surface area (Å²) in [5.41, 5.74) is 1.26. The molecule has 0 saturated carbocycles. The minimum atomic E-state index is -0.545. The van der Waals surface area contributed by atoms with Crippen molar-refractivity contribution in [1.29, 1.82) is 0 Å². The molecule has 0 fully saturated rings. The van der Waals surface area contributed by atoms with Crippen LogP contribution < -0.4 is 0 Å². The summed E-state index contributed by atoms with van der Waals surface area (Å²) in [4.78, 5) is 17.1. The number of hydrogen-bond acceptors (Lipinski definition) is 8. The third-order valence-corrected chi connectivity index (χ3v) is 4.79. The Hall–Kier alpha value is -3.33. The first kappa shape index (κ1) is 17.1. The van der Waals surface area contributed by atoms with E-state index in [-0.39, 0.29) is 24.2 Å². The Bertz CT molecular complexity index is 1070. The summed E-state index contributed by atoms with van der Waals surface area (Å²) in [5, 5.41) is 8.26. The van der Waals surface area contributed by atoms with Crippen molar-refractivity contribution in [1.82, 2.24) is 15.2 Å². The number of aryl methyl sites for hydroxylation is 1. The minimum absolute atomic E-state index is 0.149. The van der Waals surface area contributed by atoms with E-state index >= 15 is 0 Å². The molecule has 0 N–H and O–H groups in total. The first-order valence-corrected chi connectivity index (χ1v) is 8.68. The number of furan rings is 1. The van der Waals surface area contributed by atoms with Gasteiger partial charge in [0.1, 0.15) is 15.7 Å². The monoisotopic (exact) mass is 385 g/mol. The molecule has 0 atom stereocenters. The van der Waals surface area contributed by atoms with E-state index in [0.717, 1.165) is 5.56 Å². The lowest BCUT2D eigenvalue weighted by Crippen LogP contribution is -2.05. The lowest BCUT2D eigenvalue weighted by Gasteiger charge is -1.99. The minimum Gasteiger partial charge on any atom is -0.459 e. The summed E-state index contributed by atoms with van der Waals surface area (Å²) < 4.78 is 28.8. The quantitative estimate of drug-likeness (QED) is 0.474. The molecule has 3 aromatic heterocycles. The van der Waals surface area contributed by atoms with E-state index in [1.165, 1.54) is 29.7 Å². The van der Waals surface area contributed by atoms with Crippen molar-refractivity contribution in [3.8, 4) is 22.2 Å². The van der Waals surface area contributed by atoms with Crippen LogP contribution in [0.25, 0.3) is 22.2 Å². The van der Waals surface area contributed by atoms with Crippen molar-refractivity contribution >= 4 is 17.3 Å². The smallest absolute Gasteiger partial charge is 0.350 e. The van der Waals surface area contributed by atoms with Gasteiger partial charge in [0.15, 0.2) is 12.4 Å². The predicted molar refractivity (Wildman–Crippen MR) is 93.4 cm³/mol. The van der Waals surface area contributed by atoms with E-state index in [2.05, 4.69) is 15.2 Å². The highest BCUT2D eigenvalue weighted by Crippen LogP contribution is 2.29. The molecule has 0 amide bonds. The van der Waals surface area contributed by atoms with Crippen LogP contribution in [0.5, 0.6) is 0 Å². The number of hydrogen-bond donors (Lipinski definition) is 0. The number of carbonyl (C=O) groups is 1. The van der Waals surface area contributed by atoms with Crippen LogP contribution in [-0.4, -0.2) is 21.2 Å². The molecular formula is C18H12FN3O4S. The van der Waals surface area contributed by atoms with Crippen molar-refractivity contribution in [2.45, 2.75) is 13.5 Å². The molecule has 7 nitrogen and oxygen atoms in total. The molecule has 0 saturated heterocycles. The molecule has 0 unspecified atom stereocenters. The van der Waals surface area contributed by atoms with E-state index in [1.807, 2.05) is 0 Å². The summed E-state index contributed by atoms with van der Waals surface area (Å²) in [7, 11) is 0. The lowest BCUT2D eigenvalue weighted by atomic mass is 10.2. The molecule has 0 aliphatic rings. The van der Waals surface area contributed by atoms with E-state index in [9.17, 15) is 9.18 Å². The third kappa shape index (κ3) is 3.63.